The summed E-state index contributed by atoms with van der Waals surface area (Å²) in [4.78, 5) is 16.7. The predicted octanol–water partition coefficient (Wildman–Crippen LogP) is 5.18. The Morgan fingerprint density at radius 2 is 2.00 bits per heavy atom. The molecule has 2 amide bonds. The standard InChI is InChI=1S/C23H21ClN4O/c1-28-15-21(19-9-2-3-10-22(19)28)20(16-6-5-11-25-13-16)14-26-23(29)27-18-8-4-7-17(24)12-18/h2-13,15,20H,14H2,1H3,(H2,26,27,29)/t20-/m1/s1. The molecule has 6 heteroatoms. The number of urea groups is 1. The monoisotopic (exact) mass is 404 g/mol. The van der Waals surface area contributed by atoms with Gasteiger partial charge in [0.1, 0.15) is 0 Å². The molecule has 0 spiro atoms. The van der Waals surface area contributed by atoms with E-state index in [4.69, 9.17) is 11.6 Å². The van der Waals surface area contributed by atoms with Crippen molar-refractivity contribution in [3.8, 4) is 0 Å². The normalized spacial score (nSPS) is 11.9. The lowest BCUT2D eigenvalue weighted by atomic mass is 9.92. The van der Waals surface area contributed by atoms with Gasteiger partial charge in [0.05, 0.1) is 0 Å². The van der Waals surface area contributed by atoms with Crippen molar-refractivity contribution in [2.45, 2.75) is 5.92 Å². The average molecular weight is 405 g/mol. The van der Waals surface area contributed by atoms with Crippen LogP contribution in [0.2, 0.25) is 5.02 Å². The highest BCUT2D eigenvalue weighted by molar-refractivity contribution is 6.30. The molecule has 0 saturated heterocycles. The lowest BCUT2D eigenvalue weighted by Crippen LogP contribution is -2.32. The van der Waals surface area contributed by atoms with Gasteiger partial charge in [-0.25, -0.2) is 4.79 Å². The number of carbonyl (C=O) groups excluding carboxylic acids is 1. The first-order valence-electron chi connectivity index (χ1n) is 9.36. The summed E-state index contributed by atoms with van der Waals surface area (Å²) in [6.07, 6.45) is 5.73. The molecule has 1 atom stereocenters. The molecule has 4 rings (SSSR count). The van der Waals surface area contributed by atoms with Gasteiger partial charge in [0.15, 0.2) is 0 Å². The Bertz CT molecular complexity index is 1140. The van der Waals surface area contributed by atoms with Gasteiger partial charge in [0, 0.05) is 59.7 Å². The number of rotatable bonds is 5. The molecule has 0 saturated carbocycles. The number of para-hydroxylation sites is 1. The number of carbonyl (C=O) groups is 1. The van der Waals surface area contributed by atoms with Gasteiger partial charge in [-0.05, 0) is 41.5 Å². The minimum atomic E-state index is -0.276. The zero-order chi connectivity index (χ0) is 20.2. The van der Waals surface area contributed by atoms with Crippen LogP contribution in [0.1, 0.15) is 17.0 Å². The minimum absolute atomic E-state index is 0.0279. The van der Waals surface area contributed by atoms with E-state index >= 15 is 0 Å². The fourth-order valence-corrected chi connectivity index (χ4v) is 3.77. The van der Waals surface area contributed by atoms with Crippen molar-refractivity contribution in [3.05, 3.63) is 95.4 Å². The molecule has 2 aromatic carbocycles. The van der Waals surface area contributed by atoms with E-state index in [-0.39, 0.29) is 11.9 Å². The Kier molecular flexibility index (Phi) is 5.49. The fraction of sp³-hybridized carbons (Fsp3) is 0.130. The van der Waals surface area contributed by atoms with Gasteiger partial charge in [0.25, 0.3) is 0 Å². The van der Waals surface area contributed by atoms with Crippen LogP contribution in [-0.4, -0.2) is 22.1 Å². The summed E-state index contributed by atoms with van der Waals surface area (Å²) in [5.41, 5.74) is 4.00. The molecule has 4 aromatic rings. The molecule has 5 nitrogen and oxygen atoms in total. The van der Waals surface area contributed by atoms with Gasteiger partial charge in [-0.2, -0.15) is 0 Å². The zero-order valence-corrected chi connectivity index (χ0v) is 16.7. The highest BCUT2D eigenvalue weighted by Gasteiger charge is 2.20. The number of halogens is 1. The summed E-state index contributed by atoms with van der Waals surface area (Å²) in [7, 11) is 2.03. The summed E-state index contributed by atoms with van der Waals surface area (Å²) in [6.45, 7) is 0.437. The van der Waals surface area contributed by atoms with Crippen LogP contribution < -0.4 is 10.6 Å². The molecular formula is C23H21ClN4O. The Hall–Kier alpha value is -3.31. The van der Waals surface area contributed by atoms with Gasteiger partial charge in [0.2, 0.25) is 0 Å². The van der Waals surface area contributed by atoms with Crippen molar-refractivity contribution in [3.63, 3.8) is 0 Å². The van der Waals surface area contributed by atoms with E-state index in [1.165, 1.54) is 5.39 Å². The van der Waals surface area contributed by atoms with E-state index < -0.39 is 0 Å². The van der Waals surface area contributed by atoms with Gasteiger partial charge in [-0.15, -0.1) is 0 Å². The first kappa shape index (κ1) is 19.0. The number of pyridine rings is 1. The number of fused-ring (bicyclic) bond motifs is 1. The number of amides is 2. The van der Waals surface area contributed by atoms with Crippen LogP contribution in [0.5, 0.6) is 0 Å². The Balaban J connectivity index is 1.59. The highest BCUT2D eigenvalue weighted by Crippen LogP contribution is 2.31. The zero-order valence-electron chi connectivity index (χ0n) is 16.0. The third-order valence-corrected chi connectivity index (χ3v) is 5.17. The summed E-state index contributed by atoms with van der Waals surface area (Å²) in [5.74, 6) is -0.0279. The molecule has 0 aliphatic rings. The van der Waals surface area contributed by atoms with E-state index in [2.05, 4.69) is 38.5 Å². The second-order valence-corrected chi connectivity index (χ2v) is 7.33. The number of benzene rings is 2. The number of nitrogens with zero attached hydrogens (tertiary/aromatic N) is 2. The second-order valence-electron chi connectivity index (χ2n) is 6.90. The lowest BCUT2D eigenvalue weighted by Gasteiger charge is -2.18. The maximum absolute atomic E-state index is 12.5. The van der Waals surface area contributed by atoms with Crippen molar-refractivity contribution in [2.75, 3.05) is 11.9 Å². The second kappa shape index (κ2) is 8.37. The number of nitrogens with one attached hydrogen (secondary N) is 2. The fourth-order valence-electron chi connectivity index (χ4n) is 3.58. The molecule has 0 bridgehead atoms. The predicted molar refractivity (Wildman–Crippen MR) is 117 cm³/mol. The molecule has 146 valence electrons. The molecule has 29 heavy (non-hydrogen) atoms. The van der Waals surface area contributed by atoms with Gasteiger partial charge in [-0.3, -0.25) is 4.98 Å². The molecule has 2 aromatic heterocycles. The molecule has 0 radical (unpaired) electrons. The quantitative estimate of drug-likeness (QED) is 0.481. The Morgan fingerprint density at radius 3 is 2.79 bits per heavy atom. The van der Waals surface area contributed by atoms with Crippen molar-refractivity contribution in [1.82, 2.24) is 14.9 Å². The van der Waals surface area contributed by atoms with Gasteiger partial charge < -0.3 is 15.2 Å². The van der Waals surface area contributed by atoms with E-state index in [0.29, 0.717) is 17.3 Å². The van der Waals surface area contributed by atoms with Crippen LogP contribution in [0.3, 0.4) is 0 Å². The molecule has 2 N–H and O–H groups in total. The van der Waals surface area contributed by atoms with Crippen LogP contribution in [0, 0.1) is 0 Å². The average Bonchev–Trinajstić information content (AvgIpc) is 3.06. The van der Waals surface area contributed by atoms with Crippen molar-refractivity contribution >= 4 is 34.2 Å². The van der Waals surface area contributed by atoms with Crippen LogP contribution >= 0.6 is 11.6 Å². The van der Waals surface area contributed by atoms with Crippen molar-refractivity contribution < 1.29 is 4.79 Å². The third kappa shape index (κ3) is 4.25. The number of hydrogen-bond acceptors (Lipinski definition) is 2. The number of aromatic nitrogens is 2. The van der Waals surface area contributed by atoms with Gasteiger partial charge >= 0.3 is 6.03 Å². The van der Waals surface area contributed by atoms with Gasteiger partial charge in [-0.1, -0.05) is 41.9 Å². The van der Waals surface area contributed by atoms with Crippen LogP contribution in [0.15, 0.2) is 79.3 Å². The van der Waals surface area contributed by atoms with E-state index in [1.54, 1.807) is 30.5 Å². The summed E-state index contributed by atoms with van der Waals surface area (Å²) in [6, 6.07) is 19.0. The van der Waals surface area contributed by atoms with Crippen molar-refractivity contribution in [1.29, 1.82) is 0 Å². The topological polar surface area (TPSA) is 59.0 Å². The minimum Gasteiger partial charge on any atom is -0.350 e. The Morgan fingerprint density at radius 1 is 1.14 bits per heavy atom. The maximum Gasteiger partial charge on any atom is 0.319 e. The van der Waals surface area contributed by atoms with Crippen LogP contribution in [0.4, 0.5) is 10.5 Å². The van der Waals surface area contributed by atoms with Crippen LogP contribution in [-0.2, 0) is 7.05 Å². The number of hydrogen-bond donors (Lipinski definition) is 2. The molecule has 0 fully saturated rings. The largest absolute Gasteiger partial charge is 0.350 e. The summed E-state index contributed by atoms with van der Waals surface area (Å²) >= 11 is 5.99. The highest BCUT2D eigenvalue weighted by atomic mass is 35.5. The molecular weight excluding hydrogens is 384 g/mol. The smallest absolute Gasteiger partial charge is 0.319 e. The summed E-state index contributed by atoms with van der Waals surface area (Å²) < 4.78 is 2.11. The molecule has 2 heterocycles. The SMILES string of the molecule is Cn1cc([C@H](CNC(=O)Nc2cccc(Cl)c2)c2cccnc2)c2ccccc21. The first-order valence-corrected chi connectivity index (χ1v) is 9.74. The molecule has 0 aliphatic carbocycles. The Labute approximate surface area is 174 Å². The maximum atomic E-state index is 12.5. The third-order valence-electron chi connectivity index (χ3n) is 4.94. The van der Waals surface area contributed by atoms with Crippen molar-refractivity contribution in [2.24, 2.45) is 7.05 Å². The first-order chi connectivity index (χ1) is 14.1. The lowest BCUT2D eigenvalue weighted by molar-refractivity contribution is 0.252. The molecule has 0 unspecified atom stereocenters. The summed E-state index contributed by atoms with van der Waals surface area (Å²) in [5, 5.41) is 7.56. The van der Waals surface area contributed by atoms with Crippen LogP contribution in [0.25, 0.3) is 10.9 Å². The molecule has 0 aliphatic heterocycles. The van der Waals surface area contributed by atoms with E-state index in [9.17, 15) is 4.79 Å². The van der Waals surface area contributed by atoms with E-state index in [1.807, 2.05) is 37.5 Å². The number of anilines is 1. The van der Waals surface area contributed by atoms with E-state index in [0.717, 1.165) is 16.6 Å². The number of aryl methyl sites for hydroxylation is 1.